The Hall–Kier alpha value is -3.60. The quantitative estimate of drug-likeness (QED) is 0.651. The van der Waals surface area contributed by atoms with Crippen LogP contribution in [0.3, 0.4) is 0 Å². The Morgan fingerprint density at radius 1 is 0.857 bits per heavy atom. The van der Waals surface area contributed by atoms with Gasteiger partial charge in [0.05, 0.1) is 12.7 Å². The number of benzene rings is 3. The van der Waals surface area contributed by atoms with E-state index in [2.05, 4.69) is 27.1 Å². The van der Waals surface area contributed by atoms with Gasteiger partial charge in [-0.1, -0.05) is 30.3 Å². The van der Waals surface area contributed by atoms with E-state index < -0.39 is 5.97 Å². The average molecular weight is 374 g/mol. The standard InChI is InChI=1S/C23H22N2O3/c1-25(16-17-6-4-3-5-7-17)21-14-12-20(13-15-21)24-22(26)18-8-10-19(11-9-18)23(27)28-2/h3-15H,16H2,1-2H3,(H,24,26). The molecule has 0 aliphatic rings. The summed E-state index contributed by atoms with van der Waals surface area (Å²) in [7, 11) is 3.35. The molecule has 28 heavy (non-hydrogen) atoms. The number of carbonyl (C=O) groups excluding carboxylic acids is 2. The maximum Gasteiger partial charge on any atom is 0.337 e. The summed E-state index contributed by atoms with van der Waals surface area (Å²) >= 11 is 0. The Balaban J connectivity index is 1.62. The largest absolute Gasteiger partial charge is 0.465 e. The maximum absolute atomic E-state index is 12.4. The summed E-state index contributed by atoms with van der Waals surface area (Å²) in [6, 6.07) is 24.3. The molecule has 0 aromatic heterocycles. The molecule has 0 radical (unpaired) electrons. The number of nitrogens with zero attached hydrogens (tertiary/aromatic N) is 1. The number of rotatable bonds is 6. The van der Waals surface area contributed by atoms with Crippen LogP contribution < -0.4 is 10.2 Å². The lowest BCUT2D eigenvalue weighted by atomic mass is 10.1. The summed E-state index contributed by atoms with van der Waals surface area (Å²) < 4.78 is 4.66. The first-order valence-corrected chi connectivity index (χ1v) is 8.91. The van der Waals surface area contributed by atoms with Crippen molar-refractivity contribution in [1.82, 2.24) is 0 Å². The van der Waals surface area contributed by atoms with Crippen molar-refractivity contribution in [2.45, 2.75) is 6.54 Å². The van der Waals surface area contributed by atoms with E-state index in [1.807, 2.05) is 49.5 Å². The minimum atomic E-state index is -0.429. The number of amides is 1. The molecule has 0 aliphatic carbocycles. The van der Waals surface area contributed by atoms with E-state index in [9.17, 15) is 9.59 Å². The second kappa shape index (κ2) is 8.86. The van der Waals surface area contributed by atoms with Gasteiger partial charge in [0.2, 0.25) is 0 Å². The van der Waals surface area contributed by atoms with Gasteiger partial charge in [0.1, 0.15) is 0 Å². The summed E-state index contributed by atoms with van der Waals surface area (Å²) in [6.07, 6.45) is 0. The number of methoxy groups -OCH3 is 1. The first-order chi connectivity index (χ1) is 13.6. The van der Waals surface area contributed by atoms with E-state index in [0.717, 1.165) is 12.2 Å². The number of hydrogen-bond donors (Lipinski definition) is 1. The van der Waals surface area contributed by atoms with E-state index in [1.165, 1.54) is 12.7 Å². The molecule has 0 fully saturated rings. The first-order valence-electron chi connectivity index (χ1n) is 8.91. The van der Waals surface area contributed by atoms with E-state index in [-0.39, 0.29) is 5.91 Å². The lowest BCUT2D eigenvalue weighted by Gasteiger charge is -2.19. The van der Waals surface area contributed by atoms with Gasteiger partial charge in [-0.05, 0) is 54.1 Å². The molecule has 0 unspecified atom stereocenters. The third kappa shape index (κ3) is 4.76. The summed E-state index contributed by atoms with van der Waals surface area (Å²) in [6.45, 7) is 0.805. The molecular formula is C23H22N2O3. The van der Waals surface area contributed by atoms with E-state index in [1.54, 1.807) is 24.3 Å². The molecule has 5 heteroatoms. The average Bonchev–Trinajstić information content (AvgIpc) is 2.74. The molecule has 0 spiro atoms. The summed E-state index contributed by atoms with van der Waals surface area (Å²) in [5, 5.41) is 2.86. The molecule has 0 bridgehead atoms. The van der Waals surface area contributed by atoms with E-state index in [4.69, 9.17) is 0 Å². The highest BCUT2D eigenvalue weighted by Crippen LogP contribution is 2.19. The minimum Gasteiger partial charge on any atom is -0.465 e. The fourth-order valence-electron chi connectivity index (χ4n) is 2.83. The highest BCUT2D eigenvalue weighted by atomic mass is 16.5. The van der Waals surface area contributed by atoms with Crippen molar-refractivity contribution in [2.24, 2.45) is 0 Å². The zero-order chi connectivity index (χ0) is 19.9. The highest BCUT2D eigenvalue weighted by molar-refractivity contribution is 6.04. The normalized spacial score (nSPS) is 10.2. The summed E-state index contributed by atoms with van der Waals surface area (Å²) in [4.78, 5) is 26.0. The predicted octanol–water partition coefficient (Wildman–Crippen LogP) is 4.36. The van der Waals surface area contributed by atoms with Crippen molar-refractivity contribution in [3.8, 4) is 0 Å². The number of ether oxygens (including phenoxy) is 1. The first kappa shape index (κ1) is 19.2. The van der Waals surface area contributed by atoms with Crippen LogP contribution in [0.25, 0.3) is 0 Å². The summed E-state index contributed by atoms with van der Waals surface area (Å²) in [5.41, 5.74) is 3.88. The van der Waals surface area contributed by atoms with Crippen molar-refractivity contribution >= 4 is 23.3 Å². The minimum absolute atomic E-state index is 0.234. The third-order valence-electron chi connectivity index (χ3n) is 4.40. The SMILES string of the molecule is COC(=O)c1ccc(C(=O)Nc2ccc(N(C)Cc3ccccc3)cc2)cc1. The van der Waals surface area contributed by atoms with Gasteiger partial charge in [0.25, 0.3) is 5.91 Å². The van der Waals surface area contributed by atoms with Gasteiger partial charge in [-0.25, -0.2) is 4.79 Å². The van der Waals surface area contributed by atoms with Gasteiger partial charge in [-0.2, -0.15) is 0 Å². The Kier molecular flexibility index (Phi) is 6.07. The lowest BCUT2D eigenvalue weighted by molar-refractivity contribution is 0.0600. The van der Waals surface area contributed by atoms with Crippen LogP contribution in [0.5, 0.6) is 0 Å². The van der Waals surface area contributed by atoms with Crippen LogP contribution in [0.15, 0.2) is 78.9 Å². The van der Waals surface area contributed by atoms with Crippen LogP contribution >= 0.6 is 0 Å². The highest BCUT2D eigenvalue weighted by Gasteiger charge is 2.10. The fraction of sp³-hybridized carbons (Fsp3) is 0.130. The van der Waals surface area contributed by atoms with Gasteiger partial charge < -0.3 is 15.0 Å². The lowest BCUT2D eigenvalue weighted by Crippen LogP contribution is -2.16. The molecule has 1 amide bonds. The molecule has 3 aromatic carbocycles. The Bertz CT molecular complexity index is 936. The van der Waals surface area contributed by atoms with Crippen LogP contribution in [0.1, 0.15) is 26.3 Å². The van der Waals surface area contributed by atoms with E-state index in [0.29, 0.717) is 16.8 Å². The molecule has 3 aromatic rings. The van der Waals surface area contributed by atoms with Gasteiger partial charge in [-0.15, -0.1) is 0 Å². The van der Waals surface area contributed by atoms with Crippen molar-refractivity contribution in [3.63, 3.8) is 0 Å². The van der Waals surface area contributed by atoms with Gasteiger partial charge in [-0.3, -0.25) is 4.79 Å². The Morgan fingerprint density at radius 3 is 2.07 bits per heavy atom. The fourth-order valence-corrected chi connectivity index (χ4v) is 2.83. The monoisotopic (exact) mass is 374 g/mol. The van der Waals surface area contributed by atoms with Crippen LogP contribution in [0.2, 0.25) is 0 Å². The molecule has 142 valence electrons. The van der Waals surface area contributed by atoms with Gasteiger partial charge in [0.15, 0.2) is 0 Å². The van der Waals surface area contributed by atoms with Crippen molar-refractivity contribution in [2.75, 3.05) is 24.4 Å². The molecule has 0 atom stereocenters. The molecule has 0 heterocycles. The summed E-state index contributed by atoms with van der Waals surface area (Å²) in [5.74, 6) is -0.663. The van der Waals surface area contributed by atoms with Crippen molar-refractivity contribution < 1.29 is 14.3 Å². The second-order valence-corrected chi connectivity index (χ2v) is 6.41. The topological polar surface area (TPSA) is 58.6 Å². The van der Waals surface area contributed by atoms with Crippen LogP contribution in [0, 0.1) is 0 Å². The predicted molar refractivity (Wildman–Crippen MR) is 111 cm³/mol. The molecule has 0 saturated carbocycles. The number of hydrogen-bond acceptors (Lipinski definition) is 4. The second-order valence-electron chi connectivity index (χ2n) is 6.41. The number of nitrogens with one attached hydrogen (secondary N) is 1. The maximum atomic E-state index is 12.4. The number of carbonyl (C=O) groups is 2. The Morgan fingerprint density at radius 2 is 1.46 bits per heavy atom. The number of anilines is 2. The van der Waals surface area contributed by atoms with Gasteiger partial charge >= 0.3 is 5.97 Å². The van der Waals surface area contributed by atoms with Crippen LogP contribution in [-0.2, 0) is 11.3 Å². The molecular weight excluding hydrogens is 352 g/mol. The van der Waals surface area contributed by atoms with Crippen molar-refractivity contribution in [1.29, 1.82) is 0 Å². The van der Waals surface area contributed by atoms with Gasteiger partial charge in [0, 0.05) is 30.5 Å². The molecule has 5 nitrogen and oxygen atoms in total. The third-order valence-corrected chi connectivity index (χ3v) is 4.40. The smallest absolute Gasteiger partial charge is 0.337 e. The number of esters is 1. The van der Waals surface area contributed by atoms with Crippen LogP contribution in [-0.4, -0.2) is 26.0 Å². The Labute approximate surface area is 164 Å². The van der Waals surface area contributed by atoms with Crippen LogP contribution in [0.4, 0.5) is 11.4 Å². The van der Waals surface area contributed by atoms with Crippen molar-refractivity contribution in [3.05, 3.63) is 95.6 Å². The zero-order valence-corrected chi connectivity index (χ0v) is 15.9. The zero-order valence-electron chi connectivity index (χ0n) is 15.9. The molecule has 3 rings (SSSR count). The molecule has 0 saturated heterocycles. The van der Waals surface area contributed by atoms with E-state index >= 15 is 0 Å². The molecule has 0 aliphatic heterocycles. The molecule has 1 N–H and O–H groups in total.